The molecule has 4 heterocycles. The van der Waals surface area contributed by atoms with E-state index in [-0.39, 0.29) is 5.92 Å². The molecule has 69 heavy (non-hydrogen) atoms. The number of benzene rings is 8. The van der Waals surface area contributed by atoms with E-state index in [4.69, 9.17) is 14.4 Å². The molecular weight excluding hydrogens is 841 g/mol. The molecule has 8 aromatic carbocycles. The first-order chi connectivity index (χ1) is 34.2. The molecular formula is C64H46N4O. The monoisotopic (exact) mass is 886 g/mol. The molecule has 0 fully saturated rings. The van der Waals surface area contributed by atoms with E-state index in [1.165, 1.54) is 33.4 Å². The van der Waals surface area contributed by atoms with Gasteiger partial charge in [-0.3, -0.25) is 0 Å². The number of furan rings is 1. The molecule has 1 aliphatic carbocycles. The maximum atomic E-state index is 6.93. The van der Waals surface area contributed by atoms with Crippen LogP contribution in [0, 0.1) is 0 Å². The van der Waals surface area contributed by atoms with Crippen LogP contribution in [0.25, 0.3) is 100.0 Å². The summed E-state index contributed by atoms with van der Waals surface area (Å²) in [7, 11) is 0. The van der Waals surface area contributed by atoms with Crippen molar-refractivity contribution in [3.63, 3.8) is 0 Å². The Morgan fingerprint density at radius 1 is 0.522 bits per heavy atom. The summed E-state index contributed by atoms with van der Waals surface area (Å²) >= 11 is 0. The number of aromatic nitrogens is 4. The summed E-state index contributed by atoms with van der Waals surface area (Å²) in [6, 6.07) is 77.8. The Kier molecular flexibility index (Phi) is 9.86. The molecule has 5 heteroatoms. The molecule has 12 aromatic rings. The zero-order valence-corrected chi connectivity index (χ0v) is 38.1. The predicted molar refractivity (Wildman–Crippen MR) is 285 cm³/mol. The van der Waals surface area contributed by atoms with Gasteiger partial charge in [0.15, 0.2) is 5.82 Å². The SMILES string of the molecule is CCc1c(-c2coc3c2ccc2c3c3ccccc3n2C2=C(c3ccccc3)C=C(c3nc(-c4ccccc4)cc(-c4ccccc4)n3)CC2c2ccccc2)n(-c2ccccc2)c2ccccc12. The van der Waals surface area contributed by atoms with Crippen LogP contribution in [0.5, 0.6) is 0 Å². The van der Waals surface area contributed by atoms with Gasteiger partial charge in [0, 0.05) is 55.7 Å². The van der Waals surface area contributed by atoms with Crippen molar-refractivity contribution in [2.45, 2.75) is 25.7 Å². The number of fused-ring (bicyclic) bond motifs is 6. The number of hydrogen-bond acceptors (Lipinski definition) is 3. The summed E-state index contributed by atoms with van der Waals surface area (Å²) in [6.45, 7) is 2.26. The Balaban J connectivity index is 1.09. The Morgan fingerprint density at radius 2 is 1.07 bits per heavy atom. The van der Waals surface area contributed by atoms with E-state index in [1.807, 2.05) is 6.26 Å². The van der Waals surface area contributed by atoms with Crippen molar-refractivity contribution in [1.82, 2.24) is 19.1 Å². The zero-order valence-electron chi connectivity index (χ0n) is 38.1. The van der Waals surface area contributed by atoms with Crippen LogP contribution < -0.4 is 0 Å². The maximum absolute atomic E-state index is 6.93. The minimum Gasteiger partial charge on any atom is -0.463 e. The van der Waals surface area contributed by atoms with Crippen LogP contribution in [-0.4, -0.2) is 19.1 Å². The molecule has 0 amide bonds. The smallest absolute Gasteiger partial charge is 0.156 e. The van der Waals surface area contributed by atoms with Crippen LogP contribution in [0.3, 0.4) is 0 Å². The summed E-state index contributed by atoms with van der Waals surface area (Å²) in [4.78, 5) is 10.8. The number of aryl methyl sites for hydroxylation is 1. The van der Waals surface area contributed by atoms with Crippen LogP contribution in [0.15, 0.2) is 235 Å². The van der Waals surface area contributed by atoms with Crippen molar-refractivity contribution in [3.05, 3.63) is 253 Å². The predicted octanol–water partition coefficient (Wildman–Crippen LogP) is 16.5. The molecule has 0 spiro atoms. The molecule has 0 N–H and O–H groups in total. The lowest BCUT2D eigenvalue weighted by molar-refractivity contribution is 0.620. The van der Waals surface area contributed by atoms with Gasteiger partial charge < -0.3 is 13.6 Å². The minimum atomic E-state index is -0.0684. The van der Waals surface area contributed by atoms with Gasteiger partial charge in [-0.2, -0.15) is 0 Å². The van der Waals surface area contributed by atoms with E-state index >= 15 is 0 Å². The average molecular weight is 887 g/mol. The molecule has 5 nitrogen and oxygen atoms in total. The second-order valence-corrected chi connectivity index (χ2v) is 17.9. The average Bonchev–Trinajstić information content (AvgIpc) is 4.11. The van der Waals surface area contributed by atoms with E-state index in [0.29, 0.717) is 6.42 Å². The topological polar surface area (TPSA) is 48.8 Å². The third kappa shape index (κ3) is 6.77. The number of allylic oxidation sites excluding steroid dienone is 4. The summed E-state index contributed by atoms with van der Waals surface area (Å²) in [6.07, 6.45) is 5.92. The van der Waals surface area contributed by atoms with Crippen molar-refractivity contribution in [2.75, 3.05) is 0 Å². The third-order valence-electron chi connectivity index (χ3n) is 14.0. The standard InChI is InChI=1S/C64H46N4O/c1-2-48-49-32-18-20-34-57(49)67(47-30-16-7-17-31-47)61(48)54-41-69-63-50(54)36-37-59-60(63)51-33-19-21-35-58(51)68(59)62-52(42-22-8-3-9-23-42)38-46(39-53(62)43-24-10-4-11-25-43)64-65-55(44-26-12-5-13-27-44)40-56(66-64)45-28-14-6-15-29-45/h3-38,40-41,53H,2,39H2,1H3. The fourth-order valence-electron chi connectivity index (χ4n) is 10.9. The third-order valence-corrected chi connectivity index (χ3v) is 14.0. The second kappa shape index (κ2) is 16.8. The quantitative estimate of drug-likeness (QED) is 0.145. The van der Waals surface area contributed by atoms with Gasteiger partial charge in [0.1, 0.15) is 11.8 Å². The van der Waals surface area contributed by atoms with Crippen LogP contribution in [-0.2, 0) is 6.42 Å². The number of para-hydroxylation sites is 3. The van der Waals surface area contributed by atoms with E-state index in [9.17, 15) is 0 Å². The fourth-order valence-corrected chi connectivity index (χ4v) is 10.9. The molecule has 1 unspecified atom stereocenters. The Morgan fingerprint density at radius 3 is 1.71 bits per heavy atom. The van der Waals surface area contributed by atoms with Crippen LogP contribution in [0.1, 0.15) is 41.8 Å². The molecule has 0 saturated heterocycles. The van der Waals surface area contributed by atoms with Gasteiger partial charge in [-0.25, -0.2) is 9.97 Å². The molecule has 4 aromatic heterocycles. The number of nitrogens with zero attached hydrogens (tertiary/aromatic N) is 4. The van der Waals surface area contributed by atoms with Gasteiger partial charge in [-0.05, 0) is 83.6 Å². The van der Waals surface area contributed by atoms with Gasteiger partial charge >= 0.3 is 0 Å². The summed E-state index contributed by atoms with van der Waals surface area (Å²) in [5.74, 6) is 0.663. The molecule has 0 bridgehead atoms. The molecule has 0 radical (unpaired) electrons. The molecule has 328 valence electrons. The fraction of sp³-hybridized carbons (Fsp3) is 0.0625. The lowest BCUT2D eigenvalue weighted by atomic mass is 9.80. The van der Waals surface area contributed by atoms with Gasteiger partial charge in [0.2, 0.25) is 0 Å². The normalized spacial score (nSPS) is 14.0. The van der Waals surface area contributed by atoms with Crippen LogP contribution in [0.2, 0.25) is 0 Å². The van der Waals surface area contributed by atoms with E-state index < -0.39 is 0 Å². The van der Waals surface area contributed by atoms with Crippen LogP contribution >= 0.6 is 0 Å². The first kappa shape index (κ1) is 40.5. The van der Waals surface area contributed by atoms with Crippen molar-refractivity contribution in [2.24, 2.45) is 0 Å². The minimum absolute atomic E-state index is 0.0684. The van der Waals surface area contributed by atoms with Gasteiger partial charge in [0.05, 0.1) is 39.0 Å². The Labute approximate surface area is 400 Å². The van der Waals surface area contributed by atoms with E-state index in [1.54, 1.807) is 0 Å². The van der Waals surface area contributed by atoms with Gasteiger partial charge in [-0.1, -0.05) is 183 Å². The maximum Gasteiger partial charge on any atom is 0.156 e. The molecule has 13 rings (SSSR count). The van der Waals surface area contributed by atoms with Crippen molar-refractivity contribution in [3.8, 4) is 39.5 Å². The first-order valence-corrected chi connectivity index (χ1v) is 23.9. The van der Waals surface area contributed by atoms with Crippen molar-refractivity contribution in [1.29, 1.82) is 0 Å². The van der Waals surface area contributed by atoms with Crippen molar-refractivity contribution >= 4 is 60.5 Å². The zero-order chi connectivity index (χ0) is 45.8. The molecule has 0 aliphatic heterocycles. The lowest BCUT2D eigenvalue weighted by Gasteiger charge is -2.31. The summed E-state index contributed by atoms with van der Waals surface area (Å²) in [5.41, 5.74) is 18.6. The number of rotatable bonds is 9. The molecule has 1 aliphatic rings. The Bertz CT molecular complexity index is 3880. The van der Waals surface area contributed by atoms with E-state index in [2.05, 4.69) is 241 Å². The molecule has 0 saturated carbocycles. The van der Waals surface area contributed by atoms with Crippen LogP contribution in [0.4, 0.5) is 0 Å². The highest BCUT2D eigenvalue weighted by molar-refractivity contribution is 6.23. The lowest BCUT2D eigenvalue weighted by Crippen LogP contribution is -2.16. The first-order valence-electron chi connectivity index (χ1n) is 23.9. The highest BCUT2D eigenvalue weighted by Crippen LogP contribution is 2.51. The number of hydrogen-bond donors (Lipinski definition) is 0. The highest BCUT2D eigenvalue weighted by Gasteiger charge is 2.33. The van der Waals surface area contributed by atoms with Gasteiger partial charge in [0.25, 0.3) is 0 Å². The largest absolute Gasteiger partial charge is 0.463 e. The summed E-state index contributed by atoms with van der Waals surface area (Å²) in [5, 5.41) is 4.60. The van der Waals surface area contributed by atoms with Crippen molar-refractivity contribution < 1.29 is 4.42 Å². The summed E-state index contributed by atoms with van der Waals surface area (Å²) < 4.78 is 11.9. The van der Waals surface area contributed by atoms with Gasteiger partial charge in [-0.15, -0.1) is 0 Å². The second-order valence-electron chi connectivity index (χ2n) is 17.9. The molecule has 1 atom stereocenters. The van der Waals surface area contributed by atoms with E-state index in [0.717, 1.165) is 95.5 Å². The highest BCUT2D eigenvalue weighted by atomic mass is 16.3. The Hall–Kier alpha value is -8.80.